The highest BCUT2D eigenvalue weighted by Gasteiger charge is 1.91. The summed E-state index contributed by atoms with van der Waals surface area (Å²) in [6, 6.07) is 0. The van der Waals surface area contributed by atoms with E-state index in [-0.39, 0.29) is 0 Å². The van der Waals surface area contributed by atoms with Crippen LogP contribution in [-0.2, 0) is 0 Å². The van der Waals surface area contributed by atoms with Crippen molar-refractivity contribution in [1.82, 2.24) is 21.5 Å². The first-order valence-corrected chi connectivity index (χ1v) is 5.05. The van der Waals surface area contributed by atoms with Crippen molar-refractivity contribution in [3.8, 4) is 0 Å². The van der Waals surface area contributed by atoms with Crippen LogP contribution < -0.4 is 27.2 Å². The molecule has 0 aromatic rings. The van der Waals surface area contributed by atoms with Crippen LogP contribution in [0.2, 0.25) is 0 Å². The van der Waals surface area contributed by atoms with Gasteiger partial charge in [0.2, 0.25) is 0 Å². The summed E-state index contributed by atoms with van der Waals surface area (Å²) in [7, 11) is 0. The van der Waals surface area contributed by atoms with Crippen LogP contribution in [0.25, 0.3) is 0 Å². The van der Waals surface area contributed by atoms with Gasteiger partial charge in [0.1, 0.15) is 6.23 Å². The number of nitrogens with one attached hydrogen (secondary N) is 4. The van der Waals surface area contributed by atoms with E-state index in [0.717, 1.165) is 32.7 Å². The summed E-state index contributed by atoms with van der Waals surface area (Å²) < 4.78 is 0. The van der Waals surface area contributed by atoms with Crippen LogP contribution in [0, 0.1) is 0 Å². The number of hydrogen-bond acceptors (Lipinski definition) is 6. The van der Waals surface area contributed by atoms with Crippen molar-refractivity contribution in [3.63, 3.8) is 0 Å². The first kappa shape index (κ1) is 13.8. The summed E-state index contributed by atoms with van der Waals surface area (Å²) in [6.07, 6.45) is -0.513. The van der Waals surface area contributed by atoms with Crippen molar-refractivity contribution < 1.29 is 5.11 Å². The fraction of sp³-hybridized carbons (Fsp3) is 1.00. The number of nitrogens with two attached hydrogens (primary N) is 1. The Bertz CT molecular complexity index is 112. The Labute approximate surface area is 85.6 Å². The molecule has 1 atom stereocenters. The molecular weight excluding hydrogens is 182 g/mol. The van der Waals surface area contributed by atoms with Crippen LogP contribution in [0.4, 0.5) is 0 Å². The van der Waals surface area contributed by atoms with E-state index in [1.807, 2.05) is 0 Å². The maximum Gasteiger partial charge on any atom is 0.114 e. The van der Waals surface area contributed by atoms with Crippen molar-refractivity contribution in [2.45, 2.75) is 13.2 Å². The summed E-state index contributed by atoms with van der Waals surface area (Å²) in [6.45, 7) is 6.71. The molecule has 0 spiro atoms. The van der Waals surface area contributed by atoms with Crippen molar-refractivity contribution in [2.75, 3.05) is 39.3 Å². The van der Waals surface area contributed by atoms with Gasteiger partial charge in [0.05, 0.1) is 0 Å². The Kier molecular flexibility index (Phi) is 10.7. The van der Waals surface area contributed by atoms with Gasteiger partial charge in [0.15, 0.2) is 0 Å². The first-order chi connectivity index (χ1) is 6.77. The fourth-order valence-electron chi connectivity index (χ4n) is 0.900. The minimum Gasteiger partial charge on any atom is -0.378 e. The van der Waals surface area contributed by atoms with Gasteiger partial charge in [-0.15, -0.1) is 0 Å². The average molecular weight is 205 g/mol. The molecule has 14 heavy (non-hydrogen) atoms. The molecular formula is C8H23N5O. The second-order valence-corrected chi connectivity index (χ2v) is 3.04. The van der Waals surface area contributed by atoms with Gasteiger partial charge in [-0.25, -0.2) is 5.43 Å². The highest BCUT2D eigenvalue weighted by atomic mass is 16.3. The molecule has 86 valence electrons. The zero-order chi connectivity index (χ0) is 10.6. The number of rotatable bonds is 10. The van der Waals surface area contributed by atoms with Gasteiger partial charge in [0, 0.05) is 39.3 Å². The lowest BCUT2D eigenvalue weighted by Gasteiger charge is -2.09. The van der Waals surface area contributed by atoms with Gasteiger partial charge in [-0.1, -0.05) is 0 Å². The van der Waals surface area contributed by atoms with Crippen molar-refractivity contribution in [1.29, 1.82) is 0 Å². The zero-order valence-electron chi connectivity index (χ0n) is 8.84. The predicted molar refractivity (Wildman–Crippen MR) is 57.6 cm³/mol. The predicted octanol–water partition coefficient (Wildman–Crippen LogP) is -2.44. The molecule has 0 aromatic carbocycles. The minimum atomic E-state index is -0.513. The van der Waals surface area contributed by atoms with Crippen LogP contribution in [0.15, 0.2) is 0 Å². The molecule has 0 rings (SSSR count). The number of aliphatic hydroxyl groups excluding tert-OH is 1. The second-order valence-electron chi connectivity index (χ2n) is 3.04. The molecule has 6 heteroatoms. The third kappa shape index (κ3) is 11.8. The molecule has 0 amide bonds. The molecule has 6 nitrogen and oxygen atoms in total. The topological polar surface area (TPSA) is 94.4 Å². The van der Waals surface area contributed by atoms with Crippen molar-refractivity contribution in [2.24, 2.45) is 5.73 Å². The SMILES string of the molecule is CC(O)NNCCNCCNCCN. The highest BCUT2D eigenvalue weighted by Crippen LogP contribution is 1.64. The van der Waals surface area contributed by atoms with E-state index < -0.39 is 6.23 Å². The number of aliphatic hydroxyl groups is 1. The smallest absolute Gasteiger partial charge is 0.114 e. The molecule has 0 saturated carbocycles. The van der Waals surface area contributed by atoms with E-state index >= 15 is 0 Å². The molecule has 0 aromatic heterocycles. The van der Waals surface area contributed by atoms with E-state index in [1.54, 1.807) is 6.92 Å². The lowest BCUT2D eigenvalue weighted by atomic mass is 10.5. The van der Waals surface area contributed by atoms with Crippen molar-refractivity contribution in [3.05, 3.63) is 0 Å². The maximum atomic E-state index is 8.84. The summed E-state index contributed by atoms with van der Waals surface area (Å²) in [5, 5.41) is 15.2. The largest absolute Gasteiger partial charge is 0.378 e. The Morgan fingerprint density at radius 1 is 1.07 bits per heavy atom. The van der Waals surface area contributed by atoms with Gasteiger partial charge in [-0.2, -0.15) is 0 Å². The van der Waals surface area contributed by atoms with E-state index in [1.165, 1.54) is 0 Å². The monoisotopic (exact) mass is 205 g/mol. The summed E-state index contributed by atoms with van der Waals surface area (Å²) >= 11 is 0. The molecule has 0 aliphatic carbocycles. The second kappa shape index (κ2) is 10.8. The lowest BCUT2D eigenvalue weighted by molar-refractivity contribution is 0.138. The van der Waals surface area contributed by atoms with Gasteiger partial charge in [0.25, 0.3) is 0 Å². The van der Waals surface area contributed by atoms with Gasteiger partial charge >= 0.3 is 0 Å². The molecule has 0 aliphatic rings. The maximum absolute atomic E-state index is 8.84. The molecule has 0 saturated heterocycles. The van der Waals surface area contributed by atoms with Crippen LogP contribution in [0.1, 0.15) is 6.92 Å². The summed E-state index contributed by atoms with van der Waals surface area (Å²) in [4.78, 5) is 0. The highest BCUT2D eigenvalue weighted by molar-refractivity contribution is 4.53. The van der Waals surface area contributed by atoms with E-state index in [0.29, 0.717) is 6.54 Å². The quantitative estimate of drug-likeness (QED) is 0.135. The Morgan fingerprint density at radius 3 is 2.21 bits per heavy atom. The Morgan fingerprint density at radius 2 is 1.64 bits per heavy atom. The van der Waals surface area contributed by atoms with E-state index in [2.05, 4.69) is 21.5 Å². The third-order valence-corrected chi connectivity index (χ3v) is 1.54. The molecule has 0 radical (unpaired) electrons. The van der Waals surface area contributed by atoms with Gasteiger partial charge in [-0.3, -0.25) is 5.43 Å². The molecule has 0 fully saturated rings. The first-order valence-electron chi connectivity index (χ1n) is 5.05. The molecule has 0 heterocycles. The van der Waals surface area contributed by atoms with Crippen LogP contribution in [-0.4, -0.2) is 50.6 Å². The average Bonchev–Trinajstić information content (AvgIpc) is 2.15. The zero-order valence-corrected chi connectivity index (χ0v) is 8.84. The van der Waals surface area contributed by atoms with Crippen molar-refractivity contribution >= 4 is 0 Å². The fourth-order valence-corrected chi connectivity index (χ4v) is 0.900. The summed E-state index contributed by atoms with van der Waals surface area (Å²) in [5.41, 5.74) is 10.9. The Hall–Kier alpha value is -0.240. The van der Waals surface area contributed by atoms with Crippen LogP contribution >= 0.6 is 0 Å². The van der Waals surface area contributed by atoms with E-state index in [9.17, 15) is 0 Å². The van der Waals surface area contributed by atoms with Gasteiger partial charge < -0.3 is 21.5 Å². The third-order valence-electron chi connectivity index (χ3n) is 1.54. The minimum absolute atomic E-state index is 0.513. The van der Waals surface area contributed by atoms with Crippen LogP contribution in [0.5, 0.6) is 0 Å². The normalized spacial score (nSPS) is 13.1. The summed E-state index contributed by atoms with van der Waals surface area (Å²) in [5.74, 6) is 0. The standard InChI is InChI=1S/C8H23N5O/c1-8(14)13-12-7-6-11-5-4-10-3-2-9/h8,10-14H,2-7,9H2,1H3. The molecule has 0 aliphatic heterocycles. The number of hydrogen-bond donors (Lipinski definition) is 6. The molecule has 7 N–H and O–H groups in total. The van der Waals surface area contributed by atoms with Gasteiger partial charge in [-0.05, 0) is 6.92 Å². The lowest BCUT2D eigenvalue weighted by Crippen LogP contribution is -2.43. The molecule has 1 unspecified atom stereocenters. The molecule has 0 bridgehead atoms. The van der Waals surface area contributed by atoms with E-state index in [4.69, 9.17) is 10.8 Å². The number of hydrazine groups is 1. The Balaban J connectivity index is 2.85. The van der Waals surface area contributed by atoms with Crippen LogP contribution in [0.3, 0.4) is 0 Å².